The van der Waals surface area contributed by atoms with Gasteiger partial charge in [-0.15, -0.1) is 0 Å². The number of nitrogens with zero attached hydrogens (tertiary/aromatic N) is 3. The molecule has 0 saturated carbocycles. The second-order valence-electron chi connectivity index (χ2n) is 8.92. The summed E-state index contributed by atoms with van der Waals surface area (Å²) in [4.78, 5) is 22.8. The quantitative estimate of drug-likeness (QED) is 0.763. The number of likely N-dealkylation sites (tertiary alicyclic amines) is 2. The SMILES string of the molecule is COc1ccccc1Cc1cc(C(=O)N2CCC[C@@]3(C)[C@@H]2CCCCN3C)ccn1. The van der Waals surface area contributed by atoms with E-state index in [4.69, 9.17) is 4.74 Å². The van der Waals surface area contributed by atoms with Gasteiger partial charge in [0.05, 0.1) is 13.2 Å². The molecule has 5 heteroatoms. The van der Waals surface area contributed by atoms with Crippen LogP contribution in [0.2, 0.25) is 0 Å². The molecule has 3 heterocycles. The number of hydrogen-bond acceptors (Lipinski definition) is 4. The fourth-order valence-corrected chi connectivity index (χ4v) is 5.28. The molecule has 0 radical (unpaired) electrons. The summed E-state index contributed by atoms with van der Waals surface area (Å²) in [6.07, 6.45) is 8.11. The van der Waals surface area contributed by atoms with Gasteiger partial charge < -0.3 is 9.64 Å². The highest BCUT2D eigenvalue weighted by atomic mass is 16.5. The monoisotopic (exact) mass is 407 g/mol. The molecule has 0 N–H and O–H groups in total. The summed E-state index contributed by atoms with van der Waals surface area (Å²) in [5.41, 5.74) is 2.78. The van der Waals surface area contributed by atoms with E-state index in [1.165, 1.54) is 12.8 Å². The van der Waals surface area contributed by atoms with Gasteiger partial charge in [-0.3, -0.25) is 14.7 Å². The molecule has 4 rings (SSSR count). The van der Waals surface area contributed by atoms with Gasteiger partial charge in [0.25, 0.3) is 5.91 Å². The summed E-state index contributed by atoms with van der Waals surface area (Å²) in [6.45, 7) is 4.31. The summed E-state index contributed by atoms with van der Waals surface area (Å²) in [5, 5.41) is 0. The molecule has 1 amide bonds. The van der Waals surface area contributed by atoms with Gasteiger partial charge in [-0.2, -0.15) is 0 Å². The van der Waals surface area contributed by atoms with Crippen LogP contribution in [-0.4, -0.2) is 59.5 Å². The van der Waals surface area contributed by atoms with Crippen LogP contribution < -0.4 is 4.74 Å². The molecule has 160 valence electrons. The average molecular weight is 408 g/mol. The van der Waals surface area contributed by atoms with Crippen molar-refractivity contribution in [2.45, 2.75) is 57.0 Å². The Balaban J connectivity index is 1.58. The first-order chi connectivity index (χ1) is 14.5. The standard InChI is InChI=1S/C25H33N3O2/c1-25-13-8-16-28(23(25)11-6-7-15-27(25)2)24(29)20-12-14-26-21(18-20)17-19-9-4-5-10-22(19)30-3/h4-5,9-10,12,14,18,23H,6-8,11,13,15-17H2,1-3H3/t23-,25-/m0/s1. The van der Waals surface area contributed by atoms with Gasteiger partial charge >= 0.3 is 0 Å². The molecule has 0 spiro atoms. The zero-order valence-corrected chi connectivity index (χ0v) is 18.4. The third kappa shape index (κ3) is 3.95. The molecule has 0 bridgehead atoms. The first-order valence-corrected chi connectivity index (χ1v) is 11.1. The van der Waals surface area contributed by atoms with Crippen molar-refractivity contribution in [1.82, 2.24) is 14.8 Å². The number of hydrogen-bond donors (Lipinski definition) is 0. The number of likely N-dealkylation sites (N-methyl/N-ethyl adjacent to an activating group) is 1. The zero-order valence-electron chi connectivity index (χ0n) is 18.4. The summed E-state index contributed by atoms with van der Waals surface area (Å²) < 4.78 is 5.47. The minimum atomic E-state index is 0.0671. The lowest BCUT2D eigenvalue weighted by Crippen LogP contribution is -2.63. The molecular formula is C25H33N3O2. The summed E-state index contributed by atoms with van der Waals surface area (Å²) >= 11 is 0. The van der Waals surface area contributed by atoms with E-state index in [9.17, 15) is 4.79 Å². The minimum absolute atomic E-state index is 0.0671. The van der Waals surface area contributed by atoms with Gasteiger partial charge in [-0.05, 0) is 64.4 Å². The van der Waals surface area contributed by atoms with Crippen LogP contribution in [-0.2, 0) is 6.42 Å². The molecule has 2 aromatic rings. The molecule has 0 aliphatic carbocycles. The van der Waals surface area contributed by atoms with E-state index in [0.29, 0.717) is 6.42 Å². The summed E-state index contributed by atoms with van der Waals surface area (Å²) in [6, 6.07) is 12.1. The predicted molar refractivity (Wildman–Crippen MR) is 119 cm³/mol. The third-order valence-electron chi connectivity index (χ3n) is 7.16. The average Bonchev–Trinajstić information content (AvgIpc) is 2.92. The molecule has 1 aromatic carbocycles. The van der Waals surface area contributed by atoms with E-state index < -0.39 is 0 Å². The van der Waals surface area contributed by atoms with E-state index in [0.717, 1.165) is 54.9 Å². The Labute approximate surface area is 180 Å². The maximum Gasteiger partial charge on any atom is 0.254 e. The molecule has 5 nitrogen and oxygen atoms in total. The van der Waals surface area contributed by atoms with E-state index in [-0.39, 0.29) is 17.5 Å². The molecule has 2 atom stereocenters. The number of rotatable bonds is 4. The topological polar surface area (TPSA) is 45.7 Å². The number of amides is 1. The Bertz CT molecular complexity index is 899. The van der Waals surface area contributed by atoms with Gasteiger partial charge in [-0.1, -0.05) is 24.6 Å². The highest BCUT2D eigenvalue weighted by Crippen LogP contribution is 2.38. The highest BCUT2D eigenvalue weighted by Gasteiger charge is 2.46. The lowest BCUT2D eigenvalue weighted by Gasteiger charge is -2.51. The zero-order chi connectivity index (χ0) is 21.1. The number of ether oxygens (including phenoxy) is 1. The van der Waals surface area contributed by atoms with Crippen LogP contribution in [0.25, 0.3) is 0 Å². The number of methoxy groups -OCH3 is 1. The second-order valence-corrected chi connectivity index (χ2v) is 8.92. The fraction of sp³-hybridized carbons (Fsp3) is 0.520. The molecule has 0 unspecified atom stereocenters. The molecule has 2 aliphatic rings. The predicted octanol–water partition coefficient (Wildman–Crippen LogP) is 4.16. The third-order valence-corrected chi connectivity index (χ3v) is 7.16. The van der Waals surface area contributed by atoms with Crippen molar-refractivity contribution >= 4 is 5.91 Å². The molecular weight excluding hydrogens is 374 g/mol. The number of carbonyl (C=O) groups excluding carboxylic acids is 1. The normalized spacial score (nSPS) is 24.8. The number of aromatic nitrogens is 1. The molecule has 2 aliphatic heterocycles. The van der Waals surface area contributed by atoms with E-state index in [1.807, 2.05) is 36.4 Å². The maximum absolute atomic E-state index is 13.6. The number of pyridine rings is 1. The van der Waals surface area contributed by atoms with Crippen LogP contribution in [0.1, 0.15) is 60.6 Å². The number of carbonyl (C=O) groups is 1. The Hall–Kier alpha value is -2.40. The van der Waals surface area contributed by atoms with Crippen molar-refractivity contribution in [2.24, 2.45) is 0 Å². The largest absolute Gasteiger partial charge is 0.496 e. The Morgan fingerprint density at radius 2 is 2.03 bits per heavy atom. The Morgan fingerprint density at radius 1 is 1.20 bits per heavy atom. The van der Waals surface area contributed by atoms with E-state index >= 15 is 0 Å². The first kappa shape index (κ1) is 20.9. The van der Waals surface area contributed by atoms with Gasteiger partial charge in [0, 0.05) is 41.5 Å². The van der Waals surface area contributed by atoms with Crippen LogP contribution in [0, 0.1) is 0 Å². The number of benzene rings is 1. The van der Waals surface area contributed by atoms with Crippen molar-refractivity contribution in [1.29, 1.82) is 0 Å². The Kier molecular flexibility index (Phi) is 6.09. The van der Waals surface area contributed by atoms with Crippen molar-refractivity contribution in [3.8, 4) is 5.75 Å². The van der Waals surface area contributed by atoms with Crippen LogP contribution in [0.5, 0.6) is 5.75 Å². The van der Waals surface area contributed by atoms with Gasteiger partial charge in [-0.25, -0.2) is 0 Å². The van der Waals surface area contributed by atoms with E-state index in [2.05, 4.69) is 28.8 Å². The van der Waals surface area contributed by atoms with Crippen molar-refractivity contribution < 1.29 is 9.53 Å². The van der Waals surface area contributed by atoms with Crippen LogP contribution in [0.3, 0.4) is 0 Å². The molecule has 30 heavy (non-hydrogen) atoms. The number of fused-ring (bicyclic) bond motifs is 1. The van der Waals surface area contributed by atoms with Crippen molar-refractivity contribution in [3.05, 3.63) is 59.4 Å². The van der Waals surface area contributed by atoms with Gasteiger partial charge in [0.2, 0.25) is 0 Å². The maximum atomic E-state index is 13.6. The van der Waals surface area contributed by atoms with Crippen molar-refractivity contribution in [2.75, 3.05) is 27.2 Å². The highest BCUT2D eigenvalue weighted by molar-refractivity contribution is 5.94. The fourth-order valence-electron chi connectivity index (χ4n) is 5.28. The van der Waals surface area contributed by atoms with Crippen LogP contribution in [0.4, 0.5) is 0 Å². The van der Waals surface area contributed by atoms with Crippen molar-refractivity contribution in [3.63, 3.8) is 0 Å². The number of piperidine rings is 1. The van der Waals surface area contributed by atoms with Crippen LogP contribution >= 0.6 is 0 Å². The number of para-hydroxylation sites is 1. The van der Waals surface area contributed by atoms with Gasteiger partial charge in [0.1, 0.15) is 5.75 Å². The molecule has 1 aromatic heterocycles. The van der Waals surface area contributed by atoms with Crippen LogP contribution in [0.15, 0.2) is 42.6 Å². The summed E-state index contributed by atoms with van der Waals surface area (Å²) in [5.74, 6) is 0.995. The first-order valence-electron chi connectivity index (χ1n) is 11.1. The minimum Gasteiger partial charge on any atom is -0.496 e. The Morgan fingerprint density at radius 3 is 2.87 bits per heavy atom. The summed E-state index contributed by atoms with van der Waals surface area (Å²) in [7, 11) is 3.91. The lowest BCUT2D eigenvalue weighted by atomic mass is 9.79. The molecule has 2 fully saturated rings. The molecule has 2 saturated heterocycles. The second kappa shape index (κ2) is 8.76. The lowest BCUT2D eigenvalue weighted by molar-refractivity contribution is -0.00337. The van der Waals surface area contributed by atoms with Gasteiger partial charge in [0.15, 0.2) is 0 Å². The smallest absolute Gasteiger partial charge is 0.254 e. The van der Waals surface area contributed by atoms with E-state index in [1.54, 1.807) is 13.3 Å².